The lowest BCUT2D eigenvalue weighted by atomic mass is 10.3. The lowest BCUT2D eigenvalue weighted by Gasteiger charge is -2.04. The van der Waals surface area contributed by atoms with E-state index in [1.54, 1.807) is 12.4 Å². The zero-order chi connectivity index (χ0) is 8.39. The van der Waals surface area contributed by atoms with Crippen LogP contribution < -0.4 is 5.32 Å². The Morgan fingerprint density at radius 2 is 2.42 bits per heavy atom. The van der Waals surface area contributed by atoms with Gasteiger partial charge in [-0.2, -0.15) is 0 Å². The molecule has 0 amide bonds. The molecule has 0 atom stereocenters. The lowest BCUT2D eigenvalue weighted by molar-refractivity contribution is 1.21. The number of thiocarbonyl (C=S) groups is 1. The monoisotopic (exact) mass is 178 g/mol. The third-order valence-electron chi connectivity index (χ3n) is 1.88. The molecule has 1 saturated carbocycles. The van der Waals surface area contributed by atoms with Gasteiger partial charge in [-0.3, -0.25) is 4.98 Å². The number of hydrogen-bond acceptors (Lipinski definition) is 2. The standard InChI is InChI=1S/C9H10N2S/c12-9(7-3-4-7)11-8-2-1-5-10-6-8/h1-2,5-7H,3-4H2,(H,11,12). The van der Waals surface area contributed by atoms with Crippen LogP contribution in [0.25, 0.3) is 0 Å². The van der Waals surface area contributed by atoms with Gasteiger partial charge in [0.25, 0.3) is 0 Å². The van der Waals surface area contributed by atoms with Crippen LogP contribution >= 0.6 is 12.2 Å². The topological polar surface area (TPSA) is 24.9 Å². The second-order valence-electron chi connectivity index (χ2n) is 3.01. The van der Waals surface area contributed by atoms with E-state index in [0.29, 0.717) is 5.92 Å². The summed E-state index contributed by atoms with van der Waals surface area (Å²) in [6.07, 6.45) is 6.03. The van der Waals surface area contributed by atoms with Crippen molar-refractivity contribution in [1.82, 2.24) is 4.98 Å². The number of aromatic nitrogens is 1. The molecule has 2 nitrogen and oxygen atoms in total. The first-order chi connectivity index (χ1) is 5.86. The maximum Gasteiger partial charge on any atom is 0.0829 e. The van der Waals surface area contributed by atoms with Crippen molar-refractivity contribution in [2.24, 2.45) is 5.92 Å². The van der Waals surface area contributed by atoms with Gasteiger partial charge < -0.3 is 5.32 Å². The van der Waals surface area contributed by atoms with Crippen LogP contribution in [0.2, 0.25) is 0 Å². The fraction of sp³-hybridized carbons (Fsp3) is 0.333. The fourth-order valence-electron chi connectivity index (χ4n) is 1.03. The molecule has 0 unspecified atom stereocenters. The number of pyridine rings is 1. The van der Waals surface area contributed by atoms with Crippen molar-refractivity contribution in [3.8, 4) is 0 Å². The minimum absolute atomic E-state index is 0.625. The lowest BCUT2D eigenvalue weighted by Crippen LogP contribution is -2.10. The average Bonchev–Trinajstić information content (AvgIpc) is 2.88. The van der Waals surface area contributed by atoms with Crippen molar-refractivity contribution >= 4 is 22.9 Å². The highest BCUT2D eigenvalue weighted by atomic mass is 32.1. The van der Waals surface area contributed by atoms with Crippen molar-refractivity contribution in [1.29, 1.82) is 0 Å². The molecule has 1 aromatic rings. The van der Waals surface area contributed by atoms with E-state index in [1.807, 2.05) is 12.1 Å². The first kappa shape index (κ1) is 7.68. The molecule has 1 fully saturated rings. The summed E-state index contributed by atoms with van der Waals surface area (Å²) in [7, 11) is 0. The smallest absolute Gasteiger partial charge is 0.0829 e. The molecule has 0 radical (unpaired) electrons. The molecule has 62 valence electrons. The van der Waals surface area contributed by atoms with Crippen molar-refractivity contribution in [3.63, 3.8) is 0 Å². The highest BCUT2D eigenvalue weighted by Crippen LogP contribution is 2.30. The van der Waals surface area contributed by atoms with Crippen molar-refractivity contribution in [2.45, 2.75) is 12.8 Å². The maximum atomic E-state index is 5.18. The van der Waals surface area contributed by atoms with Gasteiger partial charge in [-0.15, -0.1) is 0 Å². The largest absolute Gasteiger partial charge is 0.349 e. The maximum absolute atomic E-state index is 5.18. The average molecular weight is 178 g/mol. The molecule has 1 aliphatic carbocycles. The molecule has 3 heteroatoms. The van der Waals surface area contributed by atoms with Crippen LogP contribution in [0.3, 0.4) is 0 Å². The van der Waals surface area contributed by atoms with Gasteiger partial charge in [0.1, 0.15) is 0 Å². The highest BCUT2D eigenvalue weighted by Gasteiger charge is 2.25. The van der Waals surface area contributed by atoms with Crippen LogP contribution in [0.1, 0.15) is 12.8 Å². The molecule has 1 aromatic heterocycles. The molecule has 1 heterocycles. The van der Waals surface area contributed by atoms with E-state index >= 15 is 0 Å². The van der Waals surface area contributed by atoms with E-state index in [4.69, 9.17) is 12.2 Å². The quantitative estimate of drug-likeness (QED) is 0.703. The Balaban J connectivity index is 1.98. The molecular weight excluding hydrogens is 168 g/mol. The summed E-state index contributed by atoms with van der Waals surface area (Å²) in [5, 5.41) is 3.17. The third-order valence-corrected chi connectivity index (χ3v) is 2.31. The van der Waals surface area contributed by atoms with Crippen molar-refractivity contribution < 1.29 is 0 Å². The fourth-order valence-corrected chi connectivity index (χ4v) is 1.38. The number of nitrogens with zero attached hydrogens (tertiary/aromatic N) is 1. The summed E-state index contributed by atoms with van der Waals surface area (Å²) in [5.74, 6) is 0.625. The van der Waals surface area contributed by atoms with E-state index in [-0.39, 0.29) is 0 Å². The van der Waals surface area contributed by atoms with Crippen LogP contribution in [0.15, 0.2) is 24.5 Å². The summed E-state index contributed by atoms with van der Waals surface area (Å²) in [6, 6.07) is 3.87. The predicted octanol–water partition coefficient (Wildman–Crippen LogP) is 2.23. The molecule has 1 aliphatic rings. The predicted molar refractivity (Wildman–Crippen MR) is 53.2 cm³/mol. The zero-order valence-corrected chi connectivity index (χ0v) is 7.47. The van der Waals surface area contributed by atoms with Crippen molar-refractivity contribution in [3.05, 3.63) is 24.5 Å². The third kappa shape index (κ3) is 1.80. The van der Waals surface area contributed by atoms with E-state index in [9.17, 15) is 0 Å². The normalized spacial score (nSPS) is 15.7. The van der Waals surface area contributed by atoms with E-state index < -0.39 is 0 Å². The highest BCUT2D eigenvalue weighted by molar-refractivity contribution is 7.80. The van der Waals surface area contributed by atoms with Gasteiger partial charge in [0, 0.05) is 12.1 Å². The number of rotatable bonds is 2. The van der Waals surface area contributed by atoms with Gasteiger partial charge in [-0.05, 0) is 25.0 Å². The molecule has 12 heavy (non-hydrogen) atoms. The van der Waals surface area contributed by atoms with Crippen LogP contribution in [0, 0.1) is 5.92 Å². The number of hydrogen-bond donors (Lipinski definition) is 1. The molecule has 0 aliphatic heterocycles. The summed E-state index contributed by atoms with van der Waals surface area (Å²) < 4.78 is 0. The van der Waals surface area contributed by atoms with E-state index in [1.165, 1.54) is 12.8 Å². The first-order valence-corrected chi connectivity index (χ1v) is 4.48. The van der Waals surface area contributed by atoms with Crippen LogP contribution in [0.4, 0.5) is 5.69 Å². The molecule has 0 spiro atoms. The zero-order valence-electron chi connectivity index (χ0n) is 6.66. The molecule has 0 saturated heterocycles. The molecule has 2 rings (SSSR count). The molecule has 0 aromatic carbocycles. The summed E-state index contributed by atoms with van der Waals surface area (Å²) in [4.78, 5) is 4.96. The summed E-state index contributed by atoms with van der Waals surface area (Å²) in [6.45, 7) is 0. The Labute approximate surface area is 77.0 Å². The molecule has 0 bridgehead atoms. The Bertz CT molecular complexity index is 280. The van der Waals surface area contributed by atoms with Gasteiger partial charge in [-0.1, -0.05) is 12.2 Å². The van der Waals surface area contributed by atoms with Crippen LogP contribution in [-0.2, 0) is 0 Å². The Morgan fingerprint density at radius 3 is 3.00 bits per heavy atom. The Morgan fingerprint density at radius 1 is 1.58 bits per heavy atom. The van der Waals surface area contributed by atoms with Crippen LogP contribution in [0.5, 0.6) is 0 Å². The Hall–Kier alpha value is -0.960. The van der Waals surface area contributed by atoms with Crippen LogP contribution in [-0.4, -0.2) is 9.97 Å². The van der Waals surface area contributed by atoms with Gasteiger partial charge in [0.2, 0.25) is 0 Å². The van der Waals surface area contributed by atoms with Crippen molar-refractivity contribution in [2.75, 3.05) is 5.32 Å². The summed E-state index contributed by atoms with van der Waals surface area (Å²) >= 11 is 5.18. The van der Waals surface area contributed by atoms with E-state index in [0.717, 1.165) is 10.7 Å². The molecule has 1 N–H and O–H groups in total. The van der Waals surface area contributed by atoms with Gasteiger partial charge in [0.05, 0.1) is 16.9 Å². The van der Waals surface area contributed by atoms with Gasteiger partial charge in [-0.25, -0.2) is 0 Å². The number of anilines is 1. The molecular formula is C9H10N2S. The number of nitrogens with one attached hydrogen (secondary N) is 1. The minimum Gasteiger partial charge on any atom is -0.349 e. The van der Waals surface area contributed by atoms with Gasteiger partial charge >= 0.3 is 0 Å². The minimum atomic E-state index is 0.625. The Kier molecular flexibility index (Phi) is 2.04. The second-order valence-corrected chi connectivity index (χ2v) is 3.45. The van der Waals surface area contributed by atoms with Gasteiger partial charge in [0.15, 0.2) is 0 Å². The van der Waals surface area contributed by atoms with E-state index in [2.05, 4.69) is 10.3 Å². The SMILES string of the molecule is S=C(Nc1cccnc1)C1CC1. The summed E-state index contributed by atoms with van der Waals surface area (Å²) in [5.41, 5.74) is 0.995. The second kappa shape index (κ2) is 3.19. The first-order valence-electron chi connectivity index (χ1n) is 4.07.